The fourth-order valence-corrected chi connectivity index (χ4v) is 4.89. The summed E-state index contributed by atoms with van der Waals surface area (Å²) in [7, 11) is 0. The molecule has 3 aromatic heterocycles. The van der Waals surface area contributed by atoms with Gasteiger partial charge in [-0.15, -0.1) is 10.2 Å². The minimum atomic E-state index is -0.446. The van der Waals surface area contributed by atoms with Crippen molar-refractivity contribution in [3.63, 3.8) is 0 Å². The second kappa shape index (κ2) is 9.00. The molecule has 2 aromatic carbocycles. The molecule has 1 unspecified atom stereocenters. The predicted molar refractivity (Wildman–Crippen MR) is 132 cm³/mol. The quantitative estimate of drug-likeness (QED) is 0.362. The van der Waals surface area contributed by atoms with E-state index in [1.165, 1.54) is 18.0 Å². The van der Waals surface area contributed by atoms with Gasteiger partial charge in [0.05, 0.1) is 22.7 Å². The summed E-state index contributed by atoms with van der Waals surface area (Å²) in [6.45, 7) is 4.00. The Morgan fingerprint density at radius 3 is 2.68 bits per heavy atom. The average molecular weight is 468 g/mol. The van der Waals surface area contributed by atoms with Crippen molar-refractivity contribution in [1.29, 1.82) is 5.26 Å². The van der Waals surface area contributed by atoms with Crippen molar-refractivity contribution in [3.05, 3.63) is 78.0 Å². The van der Waals surface area contributed by atoms with Gasteiger partial charge in [0.1, 0.15) is 11.6 Å². The van der Waals surface area contributed by atoms with E-state index in [1.807, 2.05) is 65.9 Å². The van der Waals surface area contributed by atoms with Crippen LogP contribution in [0, 0.1) is 18.3 Å². The molecule has 0 fully saturated rings. The summed E-state index contributed by atoms with van der Waals surface area (Å²) in [6, 6.07) is 21.6. The number of nitriles is 1. The van der Waals surface area contributed by atoms with Crippen LogP contribution in [-0.2, 0) is 4.79 Å². The van der Waals surface area contributed by atoms with Gasteiger partial charge in [0, 0.05) is 5.39 Å². The van der Waals surface area contributed by atoms with E-state index in [9.17, 15) is 10.1 Å². The summed E-state index contributed by atoms with van der Waals surface area (Å²) in [6.07, 6.45) is 2.02. The van der Waals surface area contributed by atoms with Gasteiger partial charge in [0.25, 0.3) is 0 Å². The normalized spacial score (nSPS) is 12.0. The molecule has 168 valence electrons. The van der Waals surface area contributed by atoms with Crippen molar-refractivity contribution < 1.29 is 4.79 Å². The molecular weight excluding hydrogens is 446 g/mol. The maximum Gasteiger partial charge on any atom is 0.239 e. The number of thioether (sulfide) groups is 1. The minimum absolute atomic E-state index is 0.227. The minimum Gasteiger partial charge on any atom is -0.308 e. The third-order valence-electron chi connectivity index (χ3n) is 5.62. The first-order valence-corrected chi connectivity index (χ1v) is 11.7. The largest absolute Gasteiger partial charge is 0.308 e. The van der Waals surface area contributed by atoms with Gasteiger partial charge < -0.3 is 5.32 Å². The summed E-state index contributed by atoms with van der Waals surface area (Å²) in [5.74, 6) is 0.125. The monoisotopic (exact) mass is 467 g/mol. The number of fused-ring (bicyclic) bond motifs is 3. The van der Waals surface area contributed by atoms with Gasteiger partial charge in [-0.25, -0.2) is 4.68 Å². The first-order chi connectivity index (χ1) is 16.6. The number of pyridine rings is 1. The van der Waals surface area contributed by atoms with Crippen LogP contribution < -0.4 is 5.32 Å². The van der Waals surface area contributed by atoms with E-state index < -0.39 is 5.25 Å². The van der Waals surface area contributed by atoms with E-state index in [2.05, 4.69) is 39.7 Å². The zero-order valence-electron chi connectivity index (χ0n) is 18.6. The van der Waals surface area contributed by atoms with Crippen LogP contribution in [0.2, 0.25) is 0 Å². The molecule has 5 rings (SSSR count). The summed E-state index contributed by atoms with van der Waals surface area (Å²) in [5.41, 5.74) is 3.91. The van der Waals surface area contributed by atoms with Gasteiger partial charge in [0.2, 0.25) is 5.91 Å². The highest BCUT2D eigenvalue weighted by atomic mass is 32.2. The number of anilines is 1. The third-order valence-corrected chi connectivity index (χ3v) is 6.92. The molecule has 3 heterocycles. The molecule has 0 saturated carbocycles. The Morgan fingerprint density at radius 1 is 1.15 bits per heavy atom. The third kappa shape index (κ3) is 3.78. The van der Waals surface area contributed by atoms with Crippen molar-refractivity contribution in [2.45, 2.75) is 30.7 Å². The predicted octanol–water partition coefficient (Wildman–Crippen LogP) is 4.76. The first-order valence-electron chi connectivity index (χ1n) is 10.8. The van der Waals surface area contributed by atoms with Gasteiger partial charge >= 0.3 is 0 Å². The van der Waals surface area contributed by atoms with Crippen molar-refractivity contribution >= 4 is 40.0 Å². The van der Waals surface area contributed by atoms with E-state index in [0.29, 0.717) is 23.0 Å². The zero-order chi connectivity index (χ0) is 23.7. The fourth-order valence-electron chi connectivity index (χ4n) is 3.91. The van der Waals surface area contributed by atoms with Gasteiger partial charge in [-0.3, -0.25) is 9.20 Å². The summed E-state index contributed by atoms with van der Waals surface area (Å²) >= 11 is 1.36. The molecule has 0 aliphatic heterocycles. The molecule has 0 aliphatic rings. The van der Waals surface area contributed by atoms with E-state index in [1.54, 1.807) is 4.68 Å². The first kappa shape index (κ1) is 21.7. The Bertz CT molecular complexity index is 1550. The number of hydrogen-bond acceptors (Lipinski definition) is 6. The maximum atomic E-state index is 13.3. The van der Waals surface area contributed by atoms with Crippen molar-refractivity contribution in [2.24, 2.45) is 0 Å². The number of benzene rings is 2. The standard InChI is InChI=1S/C25H21N7OS/c1-3-21(24(33)28-23-17(14-26)15-27-32(23)18-9-5-4-6-10-18)34-25-30-29-22-13-16(2)19-11-7-8-12-20(19)31(22)25/h4-13,15,21H,3H2,1-2H3,(H,28,33). The molecule has 0 bridgehead atoms. The molecule has 9 heteroatoms. The molecule has 1 atom stereocenters. The SMILES string of the molecule is CCC(Sc1nnc2cc(C)c3ccccc3n12)C(=O)Nc1c(C#N)cnn1-c1ccccc1. The van der Waals surface area contributed by atoms with Crippen LogP contribution >= 0.6 is 11.8 Å². The number of hydrogen-bond donors (Lipinski definition) is 1. The second-order valence-electron chi connectivity index (χ2n) is 7.79. The van der Waals surface area contributed by atoms with Crippen LogP contribution in [-0.4, -0.2) is 35.5 Å². The lowest BCUT2D eigenvalue weighted by atomic mass is 10.1. The Kier molecular flexibility index (Phi) is 5.74. The van der Waals surface area contributed by atoms with Gasteiger partial charge in [-0.2, -0.15) is 10.4 Å². The summed E-state index contributed by atoms with van der Waals surface area (Å²) < 4.78 is 3.55. The Hall–Kier alpha value is -4.16. The van der Waals surface area contributed by atoms with E-state index in [-0.39, 0.29) is 5.91 Å². The van der Waals surface area contributed by atoms with E-state index in [0.717, 1.165) is 27.8 Å². The lowest BCUT2D eigenvalue weighted by Gasteiger charge is -2.15. The smallest absolute Gasteiger partial charge is 0.239 e. The number of amides is 1. The van der Waals surface area contributed by atoms with Crippen molar-refractivity contribution in [1.82, 2.24) is 24.4 Å². The van der Waals surface area contributed by atoms with Gasteiger partial charge in [0.15, 0.2) is 16.6 Å². The molecule has 0 saturated heterocycles. The molecule has 34 heavy (non-hydrogen) atoms. The number of nitrogens with one attached hydrogen (secondary N) is 1. The molecule has 1 N–H and O–H groups in total. The van der Waals surface area contributed by atoms with Crippen molar-refractivity contribution in [2.75, 3.05) is 5.32 Å². The number of para-hydroxylation sites is 2. The van der Waals surface area contributed by atoms with Crippen LogP contribution in [0.25, 0.3) is 22.2 Å². The van der Waals surface area contributed by atoms with Crippen molar-refractivity contribution in [3.8, 4) is 11.8 Å². The van der Waals surface area contributed by atoms with Crippen LogP contribution in [0.1, 0.15) is 24.5 Å². The number of rotatable bonds is 6. The van der Waals surface area contributed by atoms with Crippen LogP contribution in [0.3, 0.4) is 0 Å². The lowest BCUT2D eigenvalue weighted by molar-refractivity contribution is -0.115. The zero-order valence-corrected chi connectivity index (χ0v) is 19.5. The molecule has 0 aliphatic carbocycles. The summed E-state index contributed by atoms with van der Waals surface area (Å²) in [4.78, 5) is 13.3. The highest BCUT2D eigenvalue weighted by molar-refractivity contribution is 8.00. The second-order valence-corrected chi connectivity index (χ2v) is 8.96. The highest BCUT2D eigenvalue weighted by Crippen LogP contribution is 2.30. The Morgan fingerprint density at radius 2 is 1.91 bits per heavy atom. The molecule has 0 spiro atoms. The number of aryl methyl sites for hydroxylation is 1. The lowest BCUT2D eigenvalue weighted by Crippen LogP contribution is -2.26. The number of carbonyl (C=O) groups is 1. The van der Waals surface area contributed by atoms with Gasteiger partial charge in [-0.05, 0) is 43.2 Å². The van der Waals surface area contributed by atoms with E-state index in [4.69, 9.17) is 0 Å². The number of nitrogens with zero attached hydrogens (tertiary/aromatic N) is 6. The number of aromatic nitrogens is 5. The van der Waals surface area contributed by atoms with Crippen LogP contribution in [0.5, 0.6) is 0 Å². The van der Waals surface area contributed by atoms with Gasteiger partial charge in [-0.1, -0.05) is 55.1 Å². The molecule has 0 radical (unpaired) electrons. The van der Waals surface area contributed by atoms with E-state index >= 15 is 0 Å². The van der Waals surface area contributed by atoms with Crippen LogP contribution in [0.4, 0.5) is 5.82 Å². The molecular formula is C25H21N7OS. The summed E-state index contributed by atoms with van der Waals surface area (Å²) in [5, 5.41) is 26.8. The fraction of sp³-hybridized carbons (Fsp3) is 0.160. The molecule has 1 amide bonds. The topological polar surface area (TPSA) is 101 Å². The Balaban J connectivity index is 1.47. The molecule has 5 aromatic rings. The molecule has 8 nitrogen and oxygen atoms in total. The average Bonchev–Trinajstić information content (AvgIpc) is 3.46. The highest BCUT2D eigenvalue weighted by Gasteiger charge is 2.24. The maximum absolute atomic E-state index is 13.3. The number of carbonyl (C=O) groups excluding carboxylic acids is 1. The van der Waals surface area contributed by atoms with Crippen LogP contribution in [0.15, 0.2) is 72.0 Å². The Labute approximate surface area is 200 Å².